The number of carbonyl (C=O) groups is 1. The average Bonchev–Trinajstić information content (AvgIpc) is 3.20. The zero-order chi connectivity index (χ0) is 18.0. The zero-order valence-corrected chi connectivity index (χ0v) is 13.8. The van der Waals surface area contributed by atoms with Crippen LogP contribution in [0.25, 0.3) is 11.0 Å². The largest absolute Gasteiger partial charge is 0.341 e. The molecule has 3 aromatic rings. The summed E-state index contributed by atoms with van der Waals surface area (Å²) in [5.74, 6) is 0.316. The van der Waals surface area contributed by atoms with Crippen molar-refractivity contribution in [3.05, 3.63) is 52.1 Å². The summed E-state index contributed by atoms with van der Waals surface area (Å²) in [4.78, 5) is 30.6. The molecular formula is C16H18N6O3. The van der Waals surface area contributed by atoms with E-state index in [1.54, 1.807) is 0 Å². The minimum Gasteiger partial charge on any atom is -0.341 e. The van der Waals surface area contributed by atoms with E-state index < -0.39 is 16.9 Å². The summed E-state index contributed by atoms with van der Waals surface area (Å²) in [6.45, 7) is 4.06. The molecule has 2 aromatic heterocycles. The van der Waals surface area contributed by atoms with Gasteiger partial charge < -0.3 is 10.3 Å². The molecule has 9 nitrogen and oxygen atoms in total. The van der Waals surface area contributed by atoms with Crippen LogP contribution in [0.4, 0.5) is 5.69 Å². The number of imidazole rings is 1. The van der Waals surface area contributed by atoms with Gasteiger partial charge in [-0.15, -0.1) is 0 Å². The SMILES string of the molecule is CC(C)C[C@H](NC(=O)c1[nH]ncc1[N+](=O)[O-])c1nc2ccccc2[nH]1. The summed E-state index contributed by atoms with van der Waals surface area (Å²) in [5, 5.41) is 19.8. The Morgan fingerprint density at radius 2 is 2.12 bits per heavy atom. The molecule has 1 atom stereocenters. The highest BCUT2D eigenvalue weighted by molar-refractivity contribution is 5.96. The fourth-order valence-electron chi connectivity index (χ4n) is 2.66. The zero-order valence-electron chi connectivity index (χ0n) is 13.8. The van der Waals surface area contributed by atoms with Crippen LogP contribution in [0.15, 0.2) is 30.5 Å². The van der Waals surface area contributed by atoms with Crippen LogP contribution >= 0.6 is 0 Å². The molecule has 0 spiro atoms. The van der Waals surface area contributed by atoms with E-state index in [-0.39, 0.29) is 17.3 Å². The fraction of sp³-hybridized carbons (Fsp3) is 0.312. The highest BCUT2D eigenvalue weighted by Crippen LogP contribution is 2.23. The number of rotatable bonds is 6. The van der Waals surface area contributed by atoms with E-state index in [9.17, 15) is 14.9 Å². The summed E-state index contributed by atoms with van der Waals surface area (Å²) < 4.78 is 0. The van der Waals surface area contributed by atoms with E-state index in [0.29, 0.717) is 12.2 Å². The Hall–Kier alpha value is -3.23. The van der Waals surface area contributed by atoms with Crippen molar-refractivity contribution < 1.29 is 9.72 Å². The predicted molar refractivity (Wildman–Crippen MR) is 91.0 cm³/mol. The van der Waals surface area contributed by atoms with E-state index in [1.807, 2.05) is 38.1 Å². The van der Waals surface area contributed by atoms with Crippen LogP contribution in [0.1, 0.15) is 42.6 Å². The van der Waals surface area contributed by atoms with Crippen molar-refractivity contribution in [2.24, 2.45) is 5.92 Å². The number of fused-ring (bicyclic) bond motifs is 1. The Bertz CT molecular complexity index is 880. The standard InChI is InChI=1S/C16H18N6O3/c1-9(2)7-12(15-18-10-5-3-4-6-11(10)19-15)20-16(23)14-13(22(24)25)8-17-21-14/h3-6,8-9,12H,7H2,1-2H3,(H,17,21)(H,18,19)(H,20,23)/t12-/m0/s1. The third-order valence-corrected chi connectivity index (χ3v) is 3.79. The van der Waals surface area contributed by atoms with E-state index >= 15 is 0 Å². The topological polar surface area (TPSA) is 130 Å². The number of hydrogen-bond donors (Lipinski definition) is 3. The number of nitrogens with one attached hydrogen (secondary N) is 3. The molecule has 1 amide bonds. The maximum Gasteiger partial charge on any atom is 0.319 e. The van der Waals surface area contributed by atoms with E-state index in [4.69, 9.17) is 0 Å². The van der Waals surface area contributed by atoms with Gasteiger partial charge in [-0.25, -0.2) is 4.98 Å². The minimum atomic E-state index is -0.642. The second-order valence-electron chi connectivity index (χ2n) is 6.18. The molecule has 25 heavy (non-hydrogen) atoms. The second kappa shape index (κ2) is 6.71. The lowest BCUT2D eigenvalue weighted by atomic mass is 10.0. The van der Waals surface area contributed by atoms with E-state index in [2.05, 4.69) is 25.5 Å². The number of para-hydroxylation sites is 2. The molecule has 130 valence electrons. The molecule has 0 bridgehead atoms. The molecule has 0 fully saturated rings. The summed E-state index contributed by atoms with van der Waals surface area (Å²) in [5.41, 5.74) is 1.14. The molecule has 0 aliphatic heterocycles. The van der Waals surface area contributed by atoms with Crippen LogP contribution in [0.3, 0.4) is 0 Å². The lowest BCUT2D eigenvalue weighted by Gasteiger charge is -2.18. The first kappa shape index (κ1) is 16.6. The number of H-pyrrole nitrogens is 2. The molecule has 3 N–H and O–H groups in total. The van der Waals surface area contributed by atoms with Crippen LogP contribution in [0.5, 0.6) is 0 Å². The molecule has 1 aromatic carbocycles. The van der Waals surface area contributed by atoms with Gasteiger partial charge in [0.05, 0.1) is 22.0 Å². The number of nitrogens with zero attached hydrogens (tertiary/aromatic N) is 3. The van der Waals surface area contributed by atoms with Gasteiger partial charge in [0.15, 0.2) is 0 Å². The van der Waals surface area contributed by atoms with Gasteiger partial charge in [-0.2, -0.15) is 5.10 Å². The number of aromatic nitrogens is 4. The normalized spacial score (nSPS) is 12.4. The van der Waals surface area contributed by atoms with Gasteiger partial charge in [0, 0.05) is 0 Å². The lowest BCUT2D eigenvalue weighted by molar-refractivity contribution is -0.385. The van der Waals surface area contributed by atoms with Crippen LogP contribution in [-0.4, -0.2) is 31.0 Å². The predicted octanol–water partition coefficient (Wildman–Crippen LogP) is 2.71. The quantitative estimate of drug-likeness (QED) is 0.468. The number of amides is 1. The number of nitro groups is 1. The van der Waals surface area contributed by atoms with Crippen LogP contribution in [0, 0.1) is 16.0 Å². The van der Waals surface area contributed by atoms with Gasteiger partial charge in [0.1, 0.15) is 12.0 Å². The van der Waals surface area contributed by atoms with Gasteiger partial charge in [-0.1, -0.05) is 26.0 Å². The first-order valence-electron chi connectivity index (χ1n) is 7.89. The molecule has 0 saturated carbocycles. The first-order valence-corrected chi connectivity index (χ1v) is 7.89. The Balaban J connectivity index is 1.89. The Morgan fingerprint density at radius 3 is 2.80 bits per heavy atom. The lowest BCUT2D eigenvalue weighted by Crippen LogP contribution is -2.31. The van der Waals surface area contributed by atoms with Crippen molar-refractivity contribution >= 4 is 22.6 Å². The average molecular weight is 342 g/mol. The second-order valence-corrected chi connectivity index (χ2v) is 6.18. The maximum absolute atomic E-state index is 12.5. The van der Waals surface area contributed by atoms with E-state index in [1.165, 1.54) is 0 Å². The molecule has 0 aliphatic carbocycles. The molecule has 0 radical (unpaired) electrons. The molecule has 0 aliphatic rings. The molecule has 9 heteroatoms. The number of hydrogen-bond acceptors (Lipinski definition) is 5. The van der Waals surface area contributed by atoms with Crippen LogP contribution in [0.2, 0.25) is 0 Å². The highest BCUT2D eigenvalue weighted by atomic mass is 16.6. The summed E-state index contributed by atoms with van der Waals surface area (Å²) >= 11 is 0. The molecule has 0 saturated heterocycles. The third-order valence-electron chi connectivity index (χ3n) is 3.79. The molecule has 3 rings (SSSR count). The third kappa shape index (κ3) is 3.49. The van der Waals surface area contributed by atoms with Gasteiger partial charge in [-0.05, 0) is 24.5 Å². The van der Waals surface area contributed by atoms with Crippen molar-refractivity contribution in [1.29, 1.82) is 0 Å². The highest BCUT2D eigenvalue weighted by Gasteiger charge is 2.26. The van der Waals surface area contributed by atoms with Crippen LogP contribution in [-0.2, 0) is 0 Å². The number of benzene rings is 1. The van der Waals surface area contributed by atoms with Gasteiger partial charge in [0.25, 0.3) is 5.91 Å². The first-order chi connectivity index (χ1) is 12.0. The monoisotopic (exact) mass is 342 g/mol. The van der Waals surface area contributed by atoms with Crippen molar-refractivity contribution in [3.8, 4) is 0 Å². The van der Waals surface area contributed by atoms with Gasteiger partial charge >= 0.3 is 5.69 Å². The van der Waals surface area contributed by atoms with Gasteiger partial charge in [-0.3, -0.25) is 20.0 Å². The van der Waals surface area contributed by atoms with Crippen molar-refractivity contribution in [2.75, 3.05) is 0 Å². The minimum absolute atomic E-state index is 0.171. The summed E-state index contributed by atoms with van der Waals surface area (Å²) in [6, 6.07) is 7.16. The number of aromatic amines is 2. The van der Waals surface area contributed by atoms with Crippen LogP contribution < -0.4 is 5.32 Å². The van der Waals surface area contributed by atoms with Crippen molar-refractivity contribution in [3.63, 3.8) is 0 Å². The summed E-state index contributed by atoms with van der Waals surface area (Å²) in [6.07, 6.45) is 1.65. The van der Waals surface area contributed by atoms with Crippen molar-refractivity contribution in [1.82, 2.24) is 25.5 Å². The maximum atomic E-state index is 12.5. The van der Waals surface area contributed by atoms with Crippen molar-refractivity contribution in [2.45, 2.75) is 26.3 Å². The Morgan fingerprint density at radius 1 is 1.36 bits per heavy atom. The number of carbonyl (C=O) groups excluding carboxylic acids is 1. The summed E-state index contributed by atoms with van der Waals surface area (Å²) in [7, 11) is 0. The smallest absolute Gasteiger partial charge is 0.319 e. The fourth-order valence-corrected chi connectivity index (χ4v) is 2.66. The molecule has 0 unspecified atom stereocenters. The Labute approximate surface area is 143 Å². The van der Waals surface area contributed by atoms with Gasteiger partial charge in [0.2, 0.25) is 5.69 Å². The molecular weight excluding hydrogens is 324 g/mol. The molecule has 2 heterocycles. The van der Waals surface area contributed by atoms with E-state index in [0.717, 1.165) is 17.2 Å². The Kier molecular flexibility index (Phi) is 4.46.